The molecule has 0 spiro atoms. The molecule has 0 aliphatic heterocycles. The smallest absolute Gasteiger partial charge is 0.423 e. The molecule has 8 rings (SSSR count). The quantitative estimate of drug-likeness (QED) is 0.0308. The van der Waals surface area contributed by atoms with E-state index in [1.54, 1.807) is 24.5 Å². The predicted molar refractivity (Wildman–Crippen MR) is 360 cm³/mol. The van der Waals surface area contributed by atoms with E-state index in [9.17, 15) is 4.39 Å². The summed E-state index contributed by atoms with van der Waals surface area (Å²) in [4.78, 5) is 0. The molecule has 0 unspecified atom stereocenters. The average Bonchev–Trinajstić information content (AvgIpc) is 3.67. The van der Waals surface area contributed by atoms with Crippen LogP contribution in [0.1, 0.15) is 161 Å². The fourth-order valence-electron chi connectivity index (χ4n) is 9.39. The SMILES string of the molecule is CCCCc1ccc(-c2ccc(B(O)O)cc2)cc1.CCCCc1ccc(C#Cc2ccc(-c3ccc(-c4ccc(CCCC)cc4)cc3)c(F)c2CCC)cc1.CCCCc1ccc(C#Cc2ccc(I)c(F)c2CCC)cc1.CS. The lowest BCUT2D eigenvalue weighted by Gasteiger charge is -2.12. The third-order valence-corrected chi connectivity index (χ3v) is 15.1. The topological polar surface area (TPSA) is 40.5 Å². The third-order valence-electron chi connectivity index (χ3n) is 14.3. The van der Waals surface area contributed by atoms with Crippen molar-refractivity contribution in [2.45, 2.75) is 144 Å². The molecule has 0 saturated carbocycles. The van der Waals surface area contributed by atoms with Crippen LogP contribution in [0.5, 0.6) is 0 Å². The predicted octanol–water partition coefficient (Wildman–Crippen LogP) is 19.2. The lowest BCUT2D eigenvalue weighted by molar-refractivity contribution is 0.426. The van der Waals surface area contributed by atoms with Gasteiger partial charge in [0.05, 0.1) is 0 Å². The highest BCUT2D eigenvalue weighted by Crippen LogP contribution is 2.31. The van der Waals surface area contributed by atoms with E-state index in [1.807, 2.05) is 65.1 Å². The van der Waals surface area contributed by atoms with Gasteiger partial charge in [0.1, 0.15) is 11.6 Å². The summed E-state index contributed by atoms with van der Waals surface area (Å²) < 4.78 is 30.7. The summed E-state index contributed by atoms with van der Waals surface area (Å²) in [6.07, 6.45) is 19.0. The molecular weight excluding hydrogens is 1140 g/mol. The van der Waals surface area contributed by atoms with Gasteiger partial charge in [-0.05, 0) is 191 Å². The summed E-state index contributed by atoms with van der Waals surface area (Å²) in [7, 11) is -1.40. The number of thiol groups is 1. The van der Waals surface area contributed by atoms with Crippen LogP contribution in [0.2, 0.25) is 0 Å². The second-order valence-corrected chi connectivity index (χ2v) is 21.8. The number of halogens is 3. The Balaban J connectivity index is 0.000000239. The van der Waals surface area contributed by atoms with Crippen LogP contribution in [0.4, 0.5) is 8.78 Å². The van der Waals surface area contributed by atoms with Gasteiger partial charge in [0.15, 0.2) is 0 Å². The molecule has 0 bridgehead atoms. The highest BCUT2D eigenvalue weighted by molar-refractivity contribution is 14.1. The van der Waals surface area contributed by atoms with Gasteiger partial charge in [0.2, 0.25) is 0 Å². The molecule has 0 aromatic heterocycles. The van der Waals surface area contributed by atoms with E-state index in [1.165, 1.54) is 79.2 Å². The Morgan fingerprint density at radius 2 is 0.683 bits per heavy atom. The number of aryl methyl sites for hydroxylation is 4. The molecule has 8 aromatic carbocycles. The second kappa shape index (κ2) is 37.1. The number of rotatable bonds is 20. The second-order valence-electron chi connectivity index (χ2n) is 20.6. The standard InChI is InChI=1S/C37H39F.C21H22FI.C16H19BO2.CH4S/c1-4-7-10-28-12-14-30(15-13-28)18-21-33-26-27-36(37(38)35(33)9-6-3)34-24-22-32(23-25-34)31-19-16-29(17-20-31)11-8-5-2;1-3-5-7-16-8-10-17(11-9-16)12-13-18-14-15-20(23)21(22)19(18)6-4-2;1-2-3-4-13-5-7-14(8-6-13)15-9-11-16(12-10-15)17(18)19;1-2/h12-17,19-20,22-27H,4-11H2,1-3H3;8-11,14-15H,3-7H2,1-2H3;5-12,18-19H,2-4H2,1H3;2H,1H3. The molecule has 7 heteroatoms. The van der Waals surface area contributed by atoms with Gasteiger partial charge in [-0.3, -0.25) is 0 Å². The number of benzene rings is 8. The van der Waals surface area contributed by atoms with Crippen molar-refractivity contribution in [3.05, 3.63) is 241 Å². The number of unbranched alkanes of at least 4 members (excludes halogenated alkanes) is 4. The van der Waals surface area contributed by atoms with Crippen LogP contribution in [0.25, 0.3) is 33.4 Å². The first-order chi connectivity index (χ1) is 40.0. The third kappa shape index (κ3) is 21.2. The summed E-state index contributed by atoms with van der Waals surface area (Å²) >= 11 is 5.57. The molecule has 0 radical (unpaired) electrons. The zero-order chi connectivity index (χ0) is 59.1. The molecule has 0 aliphatic carbocycles. The first kappa shape index (κ1) is 66.6. The van der Waals surface area contributed by atoms with E-state index in [4.69, 9.17) is 10.0 Å². The minimum atomic E-state index is -1.40. The first-order valence-corrected chi connectivity index (χ1v) is 31.7. The van der Waals surface area contributed by atoms with Gasteiger partial charge in [-0.1, -0.05) is 231 Å². The van der Waals surface area contributed by atoms with Gasteiger partial charge >= 0.3 is 7.12 Å². The Morgan fingerprint density at radius 3 is 1.04 bits per heavy atom. The summed E-state index contributed by atoms with van der Waals surface area (Å²) in [6.45, 7) is 13.0. The van der Waals surface area contributed by atoms with E-state index in [0.717, 1.165) is 95.0 Å². The molecule has 8 aromatic rings. The van der Waals surface area contributed by atoms with Crippen molar-refractivity contribution >= 4 is 47.8 Å². The monoisotopic (exact) mass is 1220 g/mol. The van der Waals surface area contributed by atoms with E-state index in [0.29, 0.717) is 26.6 Å². The van der Waals surface area contributed by atoms with Crippen LogP contribution in [0.15, 0.2) is 170 Å². The molecule has 426 valence electrons. The highest BCUT2D eigenvalue weighted by Gasteiger charge is 2.15. The van der Waals surface area contributed by atoms with Gasteiger partial charge in [-0.2, -0.15) is 12.6 Å². The Bertz CT molecular complexity index is 3260. The van der Waals surface area contributed by atoms with Crippen LogP contribution < -0.4 is 5.46 Å². The highest BCUT2D eigenvalue weighted by atomic mass is 127. The molecule has 2 N–H and O–H groups in total. The maximum Gasteiger partial charge on any atom is 0.488 e. The molecule has 0 amide bonds. The number of hydrogen-bond acceptors (Lipinski definition) is 3. The van der Waals surface area contributed by atoms with Gasteiger partial charge < -0.3 is 10.0 Å². The summed E-state index contributed by atoms with van der Waals surface area (Å²) in [5.41, 5.74) is 17.0. The van der Waals surface area contributed by atoms with Gasteiger partial charge in [0, 0.05) is 42.5 Å². The van der Waals surface area contributed by atoms with Crippen molar-refractivity contribution in [1.29, 1.82) is 0 Å². The van der Waals surface area contributed by atoms with E-state index in [-0.39, 0.29) is 11.6 Å². The van der Waals surface area contributed by atoms with E-state index >= 15 is 4.39 Å². The van der Waals surface area contributed by atoms with Crippen molar-refractivity contribution in [3.63, 3.8) is 0 Å². The molecule has 0 aliphatic rings. The molecule has 0 heterocycles. The zero-order valence-electron chi connectivity index (χ0n) is 49.5. The van der Waals surface area contributed by atoms with Gasteiger partial charge in [0.25, 0.3) is 0 Å². The normalized spacial score (nSPS) is 10.4. The molecule has 0 fully saturated rings. The lowest BCUT2D eigenvalue weighted by Crippen LogP contribution is -2.29. The maximum absolute atomic E-state index is 15.8. The minimum Gasteiger partial charge on any atom is -0.423 e. The largest absolute Gasteiger partial charge is 0.488 e. The van der Waals surface area contributed by atoms with E-state index in [2.05, 4.69) is 187 Å². The Kier molecular flexibility index (Phi) is 30.1. The molecule has 0 atom stereocenters. The lowest BCUT2D eigenvalue weighted by atomic mass is 9.80. The first-order valence-electron chi connectivity index (χ1n) is 29.7. The van der Waals surface area contributed by atoms with Crippen molar-refractivity contribution < 1.29 is 18.8 Å². The molecule has 82 heavy (non-hydrogen) atoms. The van der Waals surface area contributed by atoms with Crippen LogP contribution in [-0.2, 0) is 38.5 Å². The average molecular weight is 1230 g/mol. The maximum atomic E-state index is 15.8. The van der Waals surface area contributed by atoms with Crippen molar-refractivity contribution in [2.24, 2.45) is 0 Å². The number of hydrogen-bond donors (Lipinski definition) is 3. The Labute approximate surface area is 511 Å². The van der Waals surface area contributed by atoms with Crippen molar-refractivity contribution in [1.82, 2.24) is 0 Å². The molecule has 0 saturated heterocycles. The van der Waals surface area contributed by atoms with Crippen molar-refractivity contribution in [2.75, 3.05) is 6.26 Å². The minimum absolute atomic E-state index is 0.117. The summed E-state index contributed by atoms with van der Waals surface area (Å²) in [5, 5.41) is 18.1. The van der Waals surface area contributed by atoms with Crippen LogP contribution in [-0.4, -0.2) is 23.4 Å². The van der Waals surface area contributed by atoms with Crippen molar-refractivity contribution in [3.8, 4) is 57.1 Å². The summed E-state index contributed by atoms with van der Waals surface area (Å²) in [6, 6.07) is 57.4. The fraction of sp³-hybridized carbons (Fsp3) is 0.307. The van der Waals surface area contributed by atoms with Gasteiger partial charge in [-0.25, -0.2) is 8.78 Å². The molecular formula is C75H84BF2IO2S. The van der Waals surface area contributed by atoms with Crippen LogP contribution >= 0.6 is 35.2 Å². The zero-order valence-corrected chi connectivity index (χ0v) is 52.6. The van der Waals surface area contributed by atoms with Crippen LogP contribution in [0, 0.1) is 38.9 Å². The molecule has 2 nitrogen and oxygen atoms in total. The van der Waals surface area contributed by atoms with Gasteiger partial charge in [-0.15, -0.1) is 0 Å². The fourth-order valence-corrected chi connectivity index (χ4v) is 9.89. The Morgan fingerprint density at radius 1 is 0.366 bits per heavy atom. The summed E-state index contributed by atoms with van der Waals surface area (Å²) in [5.74, 6) is 12.6. The van der Waals surface area contributed by atoms with E-state index < -0.39 is 7.12 Å². The Hall–Kier alpha value is -6.20. The van der Waals surface area contributed by atoms with Crippen LogP contribution in [0.3, 0.4) is 0 Å².